The van der Waals surface area contributed by atoms with Crippen LogP contribution < -0.4 is 16.0 Å². The van der Waals surface area contributed by atoms with Crippen molar-refractivity contribution in [3.05, 3.63) is 102 Å². The highest BCUT2D eigenvalue weighted by Gasteiger charge is 2.24. The number of para-hydroxylation sites is 1. The summed E-state index contributed by atoms with van der Waals surface area (Å²) in [6.45, 7) is 3.74. The first-order chi connectivity index (χ1) is 15.4. The molecule has 0 radical (unpaired) electrons. The van der Waals surface area contributed by atoms with Crippen molar-refractivity contribution in [2.24, 2.45) is 0 Å². The molecule has 32 heavy (non-hydrogen) atoms. The maximum atomic E-state index is 13.1. The van der Waals surface area contributed by atoms with Gasteiger partial charge < -0.3 is 16.0 Å². The normalized spacial score (nSPS) is 11.5. The minimum Gasteiger partial charge on any atom is -0.352 e. The van der Waals surface area contributed by atoms with Crippen LogP contribution in [0.2, 0.25) is 0 Å². The molecule has 0 fully saturated rings. The molecule has 3 rings (SSSR count). The van der Waals surface area contributed by atoms with Crippen molar-refractivity contribution in [1.82, 2.24) is 10.6 Å². The molecule has 6 nitrogen and oxygen atoms in total. The zero-order valence-corrected chi connectivity index (χ0v) is 18.2. The van der Waals surface area contributed by atoms with Crippen molar-refractivity contribution in [1.29, 1.82) is 0 Å². The van der Waals surface area contributed by atoms with Crippen LogP contribution in [-0.2, 0) is 11.2 Å². The average molecular weight is 430 g/mol. The van der Waals surface area contributed by atoms with Crippen LogP contribution in [0.4, 0.5) is 5.69 Å². The van der Waals surface area contributed by atoms with Crippen molar-refractivity contribution >= 4 is 23.4 Å². The standard InChI is InChI=1S/C26H27N3O3/c1-18(2)27-26(32)23(17-19-11-5-3-6-12-19)29-25(31)21-15-9-10-16-22(21)28-24(30)20-13-7-4-8-14-20/h3-16,18,23H,17H2,1-2H3,(H,27,32)(H,28,30)(H,29,31)/t23-/m1/s1. The van der Waals surface area contributed by atoms with E-state index in [-0.39, 0.29) is 23.4 Å². The molecular formula is C26H27N3O3. The second-order valence-electron chi connectivity index (χ2n) is 7.74. The van der Waals surface area contributed by atoms with E-state index in [0.29, 0.717) is 17.7 Å². The summed E-state index contributed by atoms with van der Waals surface area (Å²) < 4.78 is 0. The van der Waals surface area contributed by atoms with Crippen molar-refractivity contribution in [2.45, 2.75) is 32.4 Å². The van der Waals surface area contributed by atoms with Gasteiger partial charge in [0.15, 0.2) is 0 Å². The van der Waals surface area contributed by atoms with Gasteiger partial charge >= 0.3 is 0 Å². The molecule has 6 heteroatoms. The van der Waals surface area contributed by atoms with Gasteiger partial charge in [-0.1, -0.05) is 60.7 Å². The summed E-state index contributed by atoms with van der Waals surface area (Å²) in [5, 5.41) is 8.49. The van der Waals surface area contributed by atoms with Crippen LogP contribution in [0.25, 0.3) is 0 Å². The van der Waals surface area contributed by atoms with E-state index in [1.807, 2.05) is 50.2 Å². The van der Waals surface area contributed by atoms with Gasteiger partial charge in [-0.15, -0.1) is 0 Å². The third-order valence-corrected chi connectivity index (χ3v) is 4.79. The molecule has 0 bridgehead atoms. The zero-order chi connectivity index (χ0) is 22.9. The van der Waals surface area contributed by atoms with Crippen LogP contribution >= 0.6 is 0 Å². The maximum Gasteiger partial charge on any atom is 0.255 e. The van der Waals surface area contributed by atoms with E-state index in [1.54, 1.807) is 48.5 Å². The summed E-state index contributed by atoms with van der Waals surface area (Å²) in [6, 6.07) is 24.2. The van der Waals surface area contributed by atoms with E-state index in [4.69, 9.17) is 0 Å². The summed E-state index contributed by atoms with van der Waals surface area (Å²) in [7, 11) is 0. The van der Waals surface area contributed by atoms with Gasteiger partial charge in [0.05, 0.1) is 11.3 Å². The lowest BCUT2D eigenvalue weighted by atomic mass is 10.0. The Kier molecular flexibility index (Phi) is 7.75. The molecule has 3 N–H and O–H groups in total. The van der Waals surface area contributed by atoms with Gasteiger partial charge in [-0.05, 0) is 43.7 Å². The van der Waals surface area contributed by atoms with Gasteiger partial charge in [0.2, 0.25) is 5.91 Å². The van der Waals surface area contributed by atoms with Crippen LogP contribution in [0.3, 0.4) is 0 Å². The molecule has 0 aliphatic rings. The molecule has 164 valence electrons. The molecular weight excluding hydrogens is 402 g/mol. The van der Waals surface area contributed by atoms with Gasteiger partial charge in [-0.3, -0.25) is 14.4 Å². The molecule has 0 saturated carbocycles. The highest BCUT2D eigenvalue weighted by atomic mass is 16.2. The summed E-state index contributed by atoms with van der Waals surface area (Å²) in [6.07, 6.45) is 0.351. The molecule has 3 aromatic carbocycles. The average Bonchev–Trinajstić information content (AvgIpc) is 2.79. The Balaban J connectivity index is 1.80. The molecule has 0 aliphatic heterocycles. The largest absolute Gasteiger partial charge is 0.352 e. The van der Waals surface area contributed by atoms with Gasteiger partial charge in [0.25, 0.3) is 11.8 Å². The number of hydrogen-bond acceptors (Lipinski definition) is 3. The van der Waals surface area contributed by atoms with Gasteiger partial charge in [-0.25, -0.2) is 0 Å². The third kappa shape index (κ3) is 6.28. The second-order valence-corrected chi connectivity index (χ2v) is 7.74. The maximum absolute atomic E-state index is 13.1. The van der Waals surface area contributed by atoms with Gasteiger partial charge in [-0.2, -0.15) is 0 Å². The van der Waals surface area contributed by atoms with Crippen molar-refractivity contribution in [2.75, 3.05) is 5.32 Å². The summed E-state index contributed by atoms with van der Waals surface area (Å²) in [5.74, 6) is -1.01. The third-order valence-electron chi connectivity index (χ3n) is 4.79. The zero-order valence-electron chi connectivity index (χ0n) is 18.2. The quantitative estimate of drug-likeness (QED) is 0.509. The molecule has 3 aromatic rings. The lowest BCUT2D eigenvalue weighted by Crippen LogP contribution is -2.49. The molecule has 0 heterocycles. The first kappa shape index (κ1) is 22.7. The van der Waals surface area contributed by atoms with E-state index < -0.39 is 11.9 Å². The number of amides is 3. The number of nitrogens with one attached hydrogen (secondary N) is 3. The Hall–Kier alpha value is -3.93. The van der Waals surface area contributed by atoms with Crippen molar-refractivity contribution < 1.29 is 14.4 Å². The van der Waals surface area contributed by atoms with E-state index in [2.05, 4.69) is 16.0 Å². The van der Waals surface area contributed by atoms with E-state index in [1.165, 1.54) is 0 Å². The van der Waals surface area contributed by atoms with Crippen LogP contribution in [0, 0.1) is 0 Å². The highest BCUT2D eigenvalue weighted by Crippen LogP contribution is 2.17. The van der Waals surface area contributed by atoms with Gasteiger partial charge in [0.1, 0.15) is 6.04 Å². The van der Waals surface area contributed by atoms with E-state index >= 15 is 0 Å². The minimum absolute atomic E-state index is 0.0601. The smallest absolute Gasteiger partial charge is 0.255 e. The monoisotopic (exact) mass is 429 g/mol. The van der Waals surface area contributed by atoms with Crippen LogP contribution in [-0.4, -0.2) is 29.8 Å². The Bertz CT molecular complexity index is 1070. The number of hydrogen-bond donors (Lipinski definition) is 3. The van der Waals surface area contributed by atoms with Crippen LogP contribution in [0.1, 0.15) is 40.1 Å². The molecule has 0 aromatic heterocycles. The molecule has 0 saturated heterocycles. The second kappa shape index (κ2) is 10.9. The van der Waals surface area contributed by atoms with E-state index in [9.17, 15) is 14.4 Å². The minimum atomic E-state index is -0.759. The SMILES string of the molecule is CC(C)NC(=O)[C@@H](Cc1ccccc1)NC(=O)c1ccccc1NC(=O)c1ccccc1. The Morgan fingerprint density at radius 1 is 0.719 bits per heavy atom. The molecule has 1 atom stereocenters. The first-order valence-corrected chi connectivity index (χ1v) is 10.5. The summed E-state index contributed by atoms with van der Waals surface area (Å²) in [5.41, 5.74) is 2.08. The summed E-state index contributed by atoms with van der Waals surface area (Å²) in [4.78, 5) is 38.5. The summed E-state index contributed by atoms with van der Waals surface area (Å²) >= 11 is 0. The van der Waals surface area contributed by atoms with Crippen molar-refractivity contribution in [3.8, 4) is 0 Å². The first-order valence-electron chi connectivity index (χ1n) is 10.5. The number of benzene rings is 3. The van der Waals surface area contributed by atoms with Crippen LogP contribution in [0.15, 0.2) is 84.9 Å². The number of anilines is 1. The Labute approximate surface area is 188 Å². The topological polar surface area (TPSA) is 87.3 Å². The highest BCUT2D eigenvalue weighted by molar-refractivity contribution is 6.09. The van der Waals surface area contributed by atoms with Crippen LogP contribution in [0.5, 0.6) is 0 Å². The molecule has 0 unspecified atom stereocenters. The number of carbonyl (C=O) groups excluding carboxylic acids is 3. The fraction of sp³-hybridized carbons (Fsp3) is 0.192. The molecule has 0 spiro atoms. The Morgan fingerprint density at radius 3 is 1.97 bits per heavy atom. The predicted molar refractivity (Wildman–Crippen MR) is 126 cm³/mol. The van der Waals surface area contributed by atoms with E-state index in [0.717, 1.165) is 5.56 Å². The molecule has 0 aliphatic carbocycles. The molecule has 3 amide bonds. The predicted octanol–water partition coefficient (Wildman–Crippen LogP) is 3.80. The fourth-order valence-corrected chi connectivity index (χ4v) is 3.25. The van der Waals surface area contributed by atoms with Crippen molar-refractivity contribution in [3.63, 3.8) is 0 Å². The fourth-order valence-electron chi connectivity index (χ4n) is 3.25. The Morgan fingerprint density at radius 2 is 1.31 bits per heavy atom. The number of rotatable bonds is 8. The van der Waals surface area contributed by atoms with Gasteiger partial charge in [0, 0.05) is 18.0 Å². The number of carbonyl (C=O) groups is 3. The lowest BCUT2D eigenvalue weighted by Gasteiger charge is -2.21. The lowest BCUT2D eigenvalue weighted by molar-refractivity contribution is -0.123.